The molecular weight excluding hydrogens is 214 g/mol. The maximum absolute atomic E-state index is 11.8. The Labute approximate surface area is 104 Å². The zero-order valence-corrected chi connectivity index (χ0v) is 11.2. The fourth-order valence-corrected chi connectivity index (χ4v) is 3.20. The molecule has 0 radical (unpaired) electrons. The Morgan fingerprint density at radius 2 is 1.94 bits per heavy atom. The Bertz CT molecular complexity index is 276. The summed E-state index contributed by atoms with van der Waals surface area (Å²) in [6.07, 6.45) is 2.94. The van der Waals surface area contributed by atoms with Gasteiger partial charge in [0.25, 0.3) is 0 Å². The average Bonchev–Trinajstić information content (AvgIpc) is 2.84. The molecule has 2 fully saturated rings. The lowest BCUT2D eigenvalue weighted by Crippen LogP contribution is -2.57. The Hall–Kier alpha value is -0.610. The lowest BCUT2D eigenvalue weighted by atomic mass is 9.92. The Morgan fingerprint density at radius 1 is 1.24 bits per heavy atom. The van der Waals surface area contributed by atoms with Crippen molar-refractivity contribution in [3.05, 3.63) is 0 Å². The first-order valence-corrected chi connectivity index (χ1v) is 6.95. The minimum absolute atomic E-state index is 0.257. The Kier molecular flexibility index (Phi) is 4.05. The van der Waals surface area contributed by atoms with Crippen LogP contribution in [0.4, 0.5) is 0 Å². The van der Waals surface area contributed by atoms with Crippen molar-refractivity contribution < 1.29 is 4.79 Å². The molecule has 0 aromatic heterocycles. The first-order valence-electron chi connectivity index (χ1n) is 6.95. The minimum atomic E-state index is 0.257. The second kappa shape index (κ2) is 5.36. The first kappa shape index (κ1) is 12.8. The summed E-state index contributed by atoms with van der Waals surface area (Å²) in [6, 6.07) is 0. The zero-order chi connectivity index (χ0) is 12.3. The van der Waals surface area contributed by atoms with Gasteiger partial charge in [0.2, 0.25) is 5.91 Å². The summed E-state index contributed by atoms with van der Waals surface area (Å²) in [5, 5.41) is 3.40. The summed E-state index contributed by atoms with van der Waals surface area (Å²) in [5.41, 5.74) is 0.257. The lowest BCUT2D eigenvalue weighted by molar-refractivity contribution is -0.130. The van der Waals surface area contributed by atoms with Crippen molar-refractivity contribution in [3.8, 4) is 0 Å². The molecule has 0 saturated carbocycles. The zero-order valence-electron chi connectivity index (χ0n) is 11.2. The predicted octanol–water partition coefficient (Wildman–Crippen LogP) is 0.683. The lowest BCUT2D eigenvalue weighted by Gasteiger charge is -2.43. The highest BCUT2D eigenvalue weighted by atomic mass is 16.2. The highest BCUT2D eigenvalue weighted by Crippen LogP contribution is 2.31. The van der Waals surface area contributed by atoms with Gasteiger partial charge in [-0.25, -0.2) is 0 Å². The number of nitrogens with one attached hydrogen (secondary N) is 1. The molecule has 4 nitrogen and oxygen atoms in total. The number of piperazine rings is 1. The number of likely N-dealkylation sites (tertiary alicyclic amines) is 1. The van der Waals surface area contributed by atoms with E-state index in [1.807, 2.05) is 6.92 Å². The van der Waals surface area contributed by atoms with Crippen LogP contribution in [0.15, 0.2) is 0 Å². The number of rotatable bonds is 3. The fourth-order valence-electron chi connectivity index (χ4n) is 3.20. The third-order valence-electron chi connectivity index (χ3n) is 4.43. The number of nitrogens with zero attached hydrogens (tertiary/aromatic N) is 2. The number of carbonyl (C=O) groups excluding carboxylic acids is 1. The van der Waals surface area contributed by atoms with Crippen LogP contribution >= 0.6 is 0 Å². The van der Waals surface area contributed by atoms with Gasteiger partial charge < -0.3 is 10.2 Å². The smallest absolute Gasteiger partial charge is 0.222 e. The molecule has 1 amide bonds. The summed E-state index contributed by atoms with van der Waals surface area (Å²) in [7, 11) is 0. The Morgan fingerprint density at radius 3 is 2.53 bits per heavy atom. The van der Waals surface area contributed by atoms with Crippen LogP contribution in [-0.4, -0.2) is 60.5 Å². The van der Waals surface area contributed by atoms with Crippen LogP contribution in [0.2, 0.25) is 0 Å². The topological polar surface area (TPSA) is 35.6 Å². The molecule has 0 spiro atoms. The predicted molar refractivity (Wildman–Crippen MR) is 69.0 cm³/mol. The van der Waals surface area contributed by atoms with E-state index in [1.165, 1.54) is 0 Å². The molecule has 2 saturated heterocycles. The van der Waals surface area contributed by atoms with E-state index in [-0.39, 0.29) is 5.54 Å². The number of amides is 1. The van der Waals surface area contributed by atoms with E-state index >= 15 is 0 Å². The van der Waals surface area contributed by atoms with Gasteiger partial charge in [-0.15, -0.1) is 0 Å². The van der Waals surface area contributed by atoms with Crippen LogP contribution in [0.25, 0.3) is 0 Å². The summed E-state index contributed by atoms with van der Waals surface area (Å²) >= 11 is 0. The van der Waals surface area contributed by atoms with E-state index in [4.69, 9.17) is 0 Å². The summed E-state index contributed by atoms with van der Waals surface area (Å²) in [6.45, 7) is 10.5. The molecule has 98 valence electrons. The summed E-state index contributed by atoms with van der Waals surface area (Å²) in [4.78, 5) is 16.5. The summed E-state index contributed by atoms with van der Waals surface area (Å²) in [5.74, 6) is 0.315. The second-order valence-corrected chi connectivity index (χ2v) is 5.23. The molecule has 2 heterocycles. The van der Waals surface area contributed by atoms with Gasteiger partial charge in [-0.05, 0) is 12.8 Å². The SMILES string of the molecule is CCC(=O)N1CCC(CC)(N2CCNCC2)C1. The van der Waals surface area contributed by atoms with Gasteiger partial charge in [0.1, 0.15) is 0 Å². The second-order valence-electron chi connectivity index (χ2n) is 5.23. The highest BCUT2D eigenvalue weighted by molar-refractivity contribution is 5.76. The van der Waals surface area contributed by atoms with Crippen LogP contribution < -0.4 is 5.32 Å². The number of hydrogen-bond donors (Lipinski definition) is 1. The fraction of sp³-hybridized carbons (Fsp3) is 0.923. The van der Waals surface area contributed by atoms with Crippen LogP contribution in [0.3, 0.4) is 0 Å². The molecule has 0 bridgehead atoms. The maximum atomic E-state index is 11.8. The van der Waals surface area contributed by atoms with E-state index in [0.29, 0.717) is 12.3 Å². The van der Waals surface area contributed by atoms with Crippen molar-refractivity contribution >= 4 is 5.91 Å². The van der Waals surface area contributed by atoms with Gasteiger partial charge in [0.05, 0.1) is 0 Å². The van der Waals surface area contributed by atoms with Crippen molar-refractivity contribution in [2.45, 2.75) is 38.6 Å². The van der Waals surface area contributed by atoms with Gasteiger partial charge in [-0.3, -0.25) is 9.69 Å². The highest BCUT2D eigenvalue weighted by Gasteiger charge is 2.42. The van der Waals surface area contributed by atoms with Crippen molar-refractivity contribution in [1.82, 2.24) is 15.1 Å². The van der Waals surface area contributed by atoms with E-state index in [2.05, 4.69) is 22.0 Å². The third-order valence-corrected chi connectivity index (χ3v) is 4.43. The van der Waals surface area contributed by atoms with E-state index in [1.54, 1.807) is 0 Å². The molecule has 0 aromatic carbocycles. The van der Waals surface area contributed by atoms with Crippen molar-refractivity contribution in [1.29, 1.82) is 0 Å². The van der Waals surface area contributed by atoms with Crippen molar-refractivity contribution in [2.24, 2.45) is 0 Å². The van der Waals surface area contributed by atoms with Crippen LogP contribution in [-0.2, 0) is 4.79 Å². The molecule has 17 heavy (non-hydrogen) atoms. The number of hydrogen-bond acceptors (Lipinski definition) is 3. The molecule has 1 atom stereocenters. The molecule has 2 rings (SSSR count). The van der Waals surface area contributed by atoms with Gasteiger partial charge in [0, 0.05) is 51.2 Å². The number of carbonyl (C=O) groups is 1. The molecule has 2 aliphatic heterocycles. The standard InChI is InChI=1S/C13H25N3O/c1-3-12(17)15-8-5-13(4-2,11-15)16-9-6-14-7-10-16/h14H,3-11H2,1-2H3. The van der Waals surface area contributed by atoms with E-state index < -0.39 is 0 Å². The first-order chi connectivity index (χ1) is 8.22. The molecule has 2 aliphatic rings. The molecule has 0 aromatic rings. The van der Waals surface area contributed by atoms with Crippen molar-refractivity contribution in [2.75, 3.05) is 39.3 Å². The van der Waals surface area contributed by atoms with Gasteiger partial charge in [-0.2, -0.15) is 0 Å². The monoisotopic (exact) mass is 239 g/mol. The van der Waals surface area contributed by atoms with Crippen LogP contribution in [0.1, 0.15) is 33.1 Å². The van der Waals surface area contributed by atoms with E-state index in [9.17, 15) is 4.79 Å². The van der Waals surface area contributed by atoms with Crippen LogP contribution in [0.5, 0.6) is 0 Å². The molecule has 0 aliphatic carbocycles. The van der Waals surface area contributed by atoms with Crippen LogP contribution in [0, 0.1) is 0 Å². The molecule has 1 unspecified atom stereocenters. The quantitative estimate of drug-likeness (QED) is 0.787. The van der Waals surface area contributed by atoms with Crippen molar-refractivity contribution in [3.63, 3.8) is 0 Å². The normalized spacial score (nSPS) is 30.8. The van der Waals surface area contributed by atoms with E-state index in [0.717, 1.165) is 52.1 Å². The molecule has 1 N–H and O–H groups in total. The molecule has 4 heteroatoms. The maximum Gasteiger partial charge on any atom is 0.222 e. The van der Waals surface area contributed by atoms with Gasteiger partial charge in [-0.1, -0.05) is 13.8 Å². The summed E-state index contributed by atoms with van der Waals surface area (Å²) < 4.78 is 0. The Balaban J connectivity index is 2.03. The minimum Gasteiger partial charge on any atom is -0.341 e. The third kappa shape index (κ3) is 2.47. The molecular formula is C13H25N3O. The largest absolute Gasteiger partial charge is 0.341 e. The van der Waals surface area contributed by atoms with Gasteiger partial charge in [0.15, 0.2) is 0 Å². The average molecular weight is 239 g/mol. The van der Waals surface area contributed by atoms with Gasteiger partial charge >= 0.3 is 0 Å².